The third-order valence-electron chi connectivity index (χ3n) is 3.84. The Kier molecular flexibility index (Phi) is 3.80. The Morgan fingerprint density at radius 2 is 1.71 bits per heavy atom. The lowest BCUT2D eigenvalue weighted by molar-refractivity contribution is -0.136. The Morgan fingerprint density at radius 3 is 2.29 bits per heavy atom. The smallest absolute Gasteiger partial charge is 0.355 e. The molecule has 0 saturated carbocycles. The second-order valence-corrected chi connectivity index (χ2v) is 5.14. The zero-order valence-corrected chi connectivity index (χ0v) is 13.7. The van der Waals surface area contributed by atoms with E-state index in [1.54, 1.807) is 18.2 Å². The van der Waals surface area contributed by atoms with Gasteiger partial charge in [-0.1, -0.05) is 0 Å². The van der Waals surface area contributed by atoms with Crippen molar-refractivity contribution < 1.29 is 23.8 Å². The van der Waals surface area contributed by atoms with Gasteiger partial charge in [-0.2, -0.15) is 0 Å². The van der Waals surface area contributed by atoms with Gasteiger partial charge in [0.05, 0.1) is 26.8 Å². The van der Waals surface area contributed by atoms with Crippen molar-refractivity contribution in [1.82, 2.24) is 9.99 Å². The molecule has 2 N–H and O–H groups in total. The van der Waals surface area contributed by atoms with Crippen LogP contribution in [0.3, 0.4) is 0 Å². The maximum Gasteiger partial charge on any atom is 0.355 e. The molecule has 3 rings (SSSR count). The monoisotopic (exact) mass is 331 g/mol. The molecule has 0 fully saturated rings. The summed E-state index contributed by atoms with van der Waals surface area (Å²) in [5.74, 6) is 0.864. The van der Waals surface area contributed by atoms with Gasteiger partial charge in [0.25, 0.3) is 0 Å². The van der Waals surface area contributed by atoms with Crippen LogP contribution in [-0.4, -0.2) is 37.8 Å². The van der Waals surface area contributed by atoms with Gasteiger partial charge < -0.3 is 14.2 Å². The van der Waals surface area contributed by atoms with Crippen molar-refractivity contribution in [3.05, 3.63) is 23.4 Å². The molecule has 0 bridgehead atoms. The summed E-state index contributed by atoms with van der Waals surface area (Å²) >= 11 is 0. The predicted octanol–water partition coefficient (Wildman–Crippen LogP) is 1.76. The largest absolute Gasteiger partial charge is 0.493 e. The third-order valence-corrected chi connectivity index (χ3v) is 3.84. The van der Waals surface area contributed by atoms with Gasteiger partial charge in [0.1, 0.15) is 11.5 Å². The fraction of sp³-hybridized carbons (Fsp3) is 0.250. The van der Waals surface area contributed by atoms with Crippen molar-refractivity contribution in [2.75, 3.05) is 26.8 Å². The number of rotatable bonds is 3. The maximum atomic E-state index is 12.1. The lowest BCUT2D eigenvalue weighted by atomic mass is 10.1. The van der Waals surface area contributed by atoms with E-state index in [1.165, 1.54) is 32.8 Å². The van der Waals surface area contributed by atoms with Gasteiger partial charge in [-0.05, 0) is 12.1 Å². The van der Waals surface area contributed by atoms with E-state index >= 15 is 0 Å². The van der Waals surface area contributed by atoms with Gasteiger partial charge in [0.15, 0.2) is 11.5 Å². The fourth-order valence-corrected chi connectivity index (χ4v) is 2.76. The first-order valence-electron chi connectivity index (χ1n) is 7.15. The molecule has 0 saturated heterocycles. The predicted molar refractivity (Wildman–Crippen MR) is 88.1 cm³/mol. The number of ether oxygens (including phenoxy) is 3. The molecule has 1 aromatic carbocycles. The van der Waals surface area contributed by atoms with Crippen molar-refractivity contribution >= 4 is 34.7 Å². The summed E-state index contributed by atoms with van der Waals surface area (Å²) in [6.45, 7) is 1.46. The summed E-state index contributed by atoms with van der Waals surface area (Å²) in [5.41, 5.74) is 7.18. The number of nitrogens with one attached hydrogen (secondary N) is 2. The van der Waals surface area contributed by atoms with Crippen LogP contribution in [0, 0.1) is 0 Å². The lowest BCUT2D eigenvalue weighted by Gasteiger charge is -2.18. The molecule has 0 amide bonds. The average Bonchev–Trinajstić information content (AvgIpc) is 2.92. The number of hydrazine groups is 1. The van der Waals surface area contributed by atoms with E-state index in [0.29, 0.717) is 28.4 Å². The molecule has 1 aromatic heterocycles. The molecule has 8 heteroatoms. The van der Waals surface area contributed by atoms with Crippen LogP contribution in [0.25, 0.3) is 17.0 Å². The number of methoxy groups -OCH3 is 3. The van der Waals surface area contributed by atoms with Gasteiger partial charge in [-0.3, -0.25) is 20.2 Å². The minimum atomic E-state index is -0.516. The number of aromatic nitrogens is 1. The molecule has 8 nitrogen and oxygen atoms in total. The van der Waals surface area contributed by atoms with Crippen LogP contribution in [0.1, 0.15) is 17.3 Å². The molecular formula is C16H17N3O5. The number of nitrogens with zero attached hydrogens (tertiary/aromatic N) is 1. The molecule has 2 aromatic rings. The van der Waals surface area contributed by atoms with E-state index in [4.69, 9.17) is 14.2 Å². The van der Waals surface area contributed by atoms with Gasteiger partial charge in [0.2, 0.25) is 5.91 Å². The molecule has 0 radical (unpaired) electrons. The van der Waals surface area contributed by atoms with Crippen LogP contribution in [-0.2, 0) is 9.53 Å². The molecule has 0 aliphatic carbocycles. The molecule has 0 spiro atoms. The summed E-state index contributed by atoms with van der Waals surface area (Å²) in [6.07, 6.45) is 1.63. The normalized spacial score (nSPS) is 12.6. The van der Waals surface area contributed by atoms with Crippen LogP contribution in [0.5, 0.6) is 11.5 Å². The number of carbonyl (C=O) groups excluding carboxylic acids is 2. The summed E-state index contributed by atoms with van der Waals surface area (Å²) in [4.78, 5) is 23.9. The zero-order chi connectivity index (χ0) is 17.4. The van der Waals surface area contributed by atoms with Crippen LogP contribution in [0.2, 0.25) is 0 Å². The van der Waals surface area contributed by atoms with Crippen LogP contribution in [0.15, 0.2) is 17.8 Å². The van der Waals surface area contributed by atoms with E-state index in [1.807, 2.05) is 0 Å². The number of hydrogen-bond donors (Lipinski definition) is 2. The van der Waals surface area contributed by atoms with Crippen molar-refractivity contribution in [1.29, 1.82) is 0 Å². The molecule has 24 heavy (non-hydrogen) atoms. The maximum absolute atomic E-state index is 12.1. The molecule has 1 aliphatic rings. The summed E-state index contributed by atoms with van der Waals surface area (Å²) in [5, 5.41) is 0.744. The second kappa shape index (κ2) is 5.80. The topological polar surface area (TPSA) is 90.8 Å². The van der Waals surface area contributed by atoms with E-state index in [2.05, 4.69) is 10.9 Å². The Hall–Kier alpha value is -3.16. The minimum absolute atomic E-state index is 0.183. The van der Waals surface area contributed by atoms with Crippen molar-refractivity contribution in [2.45, 2.75) is 6.92 Å². The van der Waals surface area contributed by atoms with E-state index in [-0.39, 0.29) is 11.6 Å². The van der Waals surface area contributed by atoms with Crippen LogP contribution in [0.4, 0.5) is 5.82 Å². The number of hydrogen-bond acceptors (Lipinski definition) is 7. The Bertz CT molecular complexity index is 882. The summed E-state index contributed by atoms with van der Waals surface area (Å²) in [6, 6.07) is 3.49. The Morgan fingerprint density at radius 1 is 1.04 bits per heavy atom. The fourth-order valence-electron chi connectivity index (χ4n) is 2.76. The van der Waals surface area contributed by atoms with E-state index in [9.17, 15) is 9.59 Å². The van der Waals surface area contributed by atoms with Gasteiger partial charge >= 0.3 is 5.97 Å². The summed E-state index contributed by atoms with van der Waals surface area (Å²) < 4.78 is 16.9. The molecule has 2 heterocycles. The SMILES string of the molecule is COC(=O)C1=Cc2c(n(C(C)=O)c3cc(OC)c(OC)cc23)NN1. The number of fused-ring (bicyclic) bond motifs is 3. The number of esters is 1. The number of anilines is 1. The zero-order valence-electron chi connectivity index (χ0n) is 13.7. The van der Waals surface area contributed by atoms with Gasteiger partial charge in [-0.25, -0.2) is 4.79 Å². The standard InChI is InChI=1S/C16H17N3O5/c1-8(20)19-12-7-14(23-3)13(22-2)6-9(12)10-5-11(16(21)24-4)17-18-15(10)19/h5-7,17-18H,1-4H3. The van der Waals surface area contributed by atoms with Crippen LogP contribution < -0.4 is 20.3 Å². The lowest BCUT2D eigenvalue weighted by Crippen LogP contribution is -2.31. The molecular weight excluding hydrogens is 314 g/mol. The second-order valence-electron chi connectivity index (χ2n) is 5.14. The quantitative estimate of drug-likeness (QED) is 0.828. The highest BCUT2D eigenvalue weighted by Gasteiger charge is 2.25. The molecule has 126 valence electrons. The first kappa shape index (κ1) is 15.7. The summed E-state index contributed by atoms with van der Waals surface area (Å²) in [7, 11) is 4.36. The number of benzene rings is 1. The Balaban J connectivity index is 2.35. The first-order chi connectivity index (χ1) is 11.5. The average molecular weight is 331 g/mol. The molecule has 0 unspecified atom stereocenters. The van der Waals surface area contributed by atoms with E-state index in [0.717, 1.165) is 5.39 Å². The van der Waals surface area contributed by atoms with Crippen molar-refractivity contribution in [3.8, 4) is 11.5 Å². The van der Waals surface area contributed by atoms with Gasteiger partial charge in [-0.15, -0.1) is 0 Å². The van der Waals surface area contributed by atoms with Crippen LogP contribution >= 0.6 is 0 Å². The molecule has 1 aliphatic heterocycles. The minimum Gasteiger partial charge on any atom is -0.493 e. The number of carbonyl (C=O) groups is 2. The van der Waals surface area contributed by atoms with Gasteiger partial charge in [0, 0.05) is 23.9 Å². The highest BCUT2D eigenvalue weighted by molar-refractivity contribution is 6.07. The van der Waals surface area contributed by atoms with Crippen molar-refractivity contribution in [2.24, 2.45) is 0 Å². The highest BCUT2D eigenvalue weighted by atomic mass is 16.5. The first-order valence-corrected chi connectivity index (χ1v) is 7.15. The highest BCUT2D eigenvalue weighted by Crippen LogP contribution is 2.40. The molecule has 0 atom stereocenters. The Labute approximate surface area is 137 Å². The van der Waals surface area contributed by atoms with Crippen molar-refractivity contribution in [3.63, 3.8) is 0 Å². The third kappa shape index (κ3) is 2.23. The van der Waals surface area contributed by atoms with E-state index < -0.39 is 5.97 Å².